The van der Waals surface area contributed by atoms with Crippen molar-refractivity contribution in [1.82, 2.24) is 20.2 Å². The van der Waals surface area contributed by atoms with E-state index in [1.807, 2.05) is 43.3 Å². The van der Waals surface area contributed by atoms with Crippen molar-refractivity contribution >= 4 is 33.5 Å². The number of halogens is 2. The number of aryl methyl sites for hydroxylation is 1. The molecule has 3 rings (SSSR count). The summed E-state index contributed by atoms with van der Waals surface area (Å²) in [7, 11) is 1.77. The number of nitrogens with one attached hydrogen (secondary N) is 1. The monoisotopic (exact) mass is 451 g/mol. The largest absolute Gasteiger partial charge is 0.490 e. The van der Waals surface area contributed by atoms with E-state index in [0.717, 1.165) is 15.6 Å². The number of hydrogen-bond acceptors (Lipinski definition) is 6. The molecule has 0 unspecified atom stereocenters. The lowest BCUT2D eigenvalue weighted by Crippen LogP contribution is -2.07. The molecule has 1 aromatic heterocycles. The molecule has 0 aliphatic carbocycles. The quantitative estimate of drug-likeness (QED) is 0.552. The third-order valence-corrected chi connectivity index (χ3v) is 4.92. The lowest BCUT2D eigenvalue weighted by atomic mass is 10.2. The summed E-state index contributed by atoms with van der Waals surface area (Å²) in [4.78, 5) is 0. The summed E-state index contributed by atoms with van der Waals surface area (Å²) in [5.74, 6) is 1.90. The van der Waals surface area contributed by atoms with Crippen LogP contribution >= 0.6 is 27.5 Å². The van der Waals surface area contributed by atoms with Crippen LogP contribution in [-0.4, -0.2) is 26.8 Å². The summed E-state index contributed by atoms with van der Waals surface area (Å²) < 4.78 is 14.2. The first-order valence-electron chi connectivity index (χ1n) is 8.36. The third-order valence-electron chi connectivity index (χ3n) is 3.81. The van der Waals surface area contributed by atoms with Gasteiger partial charge in [0.05, 0.1) is 6.61 Å². The Hall–Kier alpha value is -2.32. The Kier molecular flexibility index (Phi) is 6.52. The SMILES string of the molecule is CCOc1cc(CNc2nnnn2C)c(Br)cc1OCc1ccccc1Cl. The molecule has 27 heavy (non-hydrogen) atoms. The number of hydrogen-bond donors (Lipinski definition) is 1. The molecule has 7 nitrogen and oxygen atoms in total. The highest BCUT2D eigenvalue weighted by Gasteiger charge is 2.13. The van der Waals surface area contributed by atoms with Crippen molar-refractivity contribution in [2.75, 3.05) is 11.9 Å². The van der Waals surface area contributed by atoms with Gasteiger partial charge in [0.15, 0.2) is 11.5 Å². The number of aromatic nitrogens is 4. The topological polar surface area (TPSA) is 74.1 Å². The minimum absolute atomic E-state index is 0.356. The van der Waals surface area contributed by atoms with Crippen molar-refractivity contribution in [2.24, 2.45) is 7.05 Å². The van der Waals surface area contributed by atoms with Crippen molar-refractivity contribution in [2.45, 2.75) is 20.1 Å². The minimum atomic E-state index is 0.356. The number of ether oxygens (including phenoxy) is 2. The number of anilines is 1. The molecule has 0 aliphatic rings. The predicted molar refractivity (Wildman–Crippen MR) is 107 cm³/mol. The number of tetrazole rings is 1. The van der Waals surface area contributed by atoms with Gasteiger partial charge in [0.25, 0.3) is 0 Å². The van der Waals surface area contributed by atoms with E-state index in [9.17, 15) is 0 Å². The maximum Gasteiger partial charge on any atom is 0.242 e. The Morgan fingerprint density at radius 3 is 2.63 bits per heavy atom. The van der Waals surface area contributed by atoms with E-state index >= 15 is 0 Å². The average Bonchev–Trinajstić information content (AvgIpc) is 3.06. The first-order valence-corrected chi connectivity index (χ1v) is 9.53. The van der Waals surface area contributed by atoms with Gasteiger partial charge in [-0.15, -0.1) is 0 Å². The van der Waals surface area contributed by atoms with E-state index in [-0.39, 0.29) is 0 Å². The molecule has 0 bridgehead atoms. The van der Waals surface area contributed by atoms with Crippen molar-refractivity contribution in [1.29, 1.82) is 0 Å². The molecule has 3 aromatic rings. The van der Waals surface area contributed by atoms with Crippen LogP contribution in [0.15, 0.2) is 40.9 Å². The zero-order chi connectivity index (χ0) is 19.2. The first kappa shape index (κ1) is 19.4. The molecule has 142 valence electrons. The van der Waals surface area contributed by atoms with Crippen LogP contribution in [0.25, 0.3) is 0 Å². The molecule has 2 aromatic carbocycles. The second kappa shape index (κ2) is 9.05. The van der Waals surface area contributed by atoms with E-state index in [1.165, 1.54) is 0 Å². The van der Waals surface area contributed by atoms with E-state index < -0.39 is 0 Å². The molecule has 0 saturated carbocycles. The van der Waals surface area contributed by atoms with Gasteiger partial charge in [-0.05, 0) is 41.1 Å². The first-order chi connectivity index (χ1) is 13.1. The summed E-state index contributed by atoms with van der Waals surface area (Å²) in [5.41, 5.74) is 1.91. The van der Waals surface area contributed by atoms with Gasteiger partial charge in [-0.1, -0.05) is 50.8 Å². The van der Waals surface area contributed by atoms with Crippen molar-refractivity contribution in [3.63, 3.8) is 0 Å². The number of rotatable bonds is 8. The summed E-state index contributed by atoms with van der Waals surface area (Å²) >= 11 is 9.80. The van der Waals surface area contributed by atoms with E-state index in [1.54, 1.807) is 11.7 Å². The van der Waals surface area contributed by atoms with Crippen molar-refractivity contribution < 1.29 is 9.47 Å². The molecule has 9 heteroatoms. The fraction of sp³-hybridized carbons (Fsp3) is 0.278. The highest BCUT2D eigenvalue weighted by molar-refractivity contribution is 9.10. The summed E-state index contributed by atoms with van der Waals surface area (Å²) in [6, 6.07) is 11.4. The molecule has 0 fully saturated rings. The van der Waals surface area contributed by atoms with Crippen LogP contribution in [0.4, 0.5) is 5.95 Å². The smallest absolute Gasteiger partial charge is 0.242 e. The van der Waals surface area contributed by atoms with Gasteiger partial charge in [-0.2, -0.15) is 0 Å². The zero-order valence-electron chi connectivity index (χ0n) is 14.9. The van der Waals surface area contributed by atoms with E-state index in [2.05, 4.69) is 36.8 Å². The van der Waals surface area contributed by atoms with Crippen molar-refractivity contribution in [3.05, 3.63) is 57.0 Å². The van der Waals surface area contributed by atoms with Crippen LogP contribution in [0.1, 0.15) is 18.1 Å². The van der Waals surface area contributed by atoms with E-state index in [4.69, 9.17) is 21.1 Å². The van der Waals surface area contributed by atoms with Crippen LogP contribution < -0.4 is 14.8 Å². The molecule has 0 saturated heterocycles. The molecule has 0 radical (unpaired) electrons. The minimum Gasteiger partial charge on any atom is -0.490 e. The standard InChI is InChI=1S/C18H19BrClN5O2/c1-3-26-16-8-13(10-21-18-22-23-24-25(18)2)14(19)9-17(16)27-11-12-6-4-5-7-15(12)20/h4-9H,3,10-11H2,1-2H3,(H,21,22,24). The van der Waals surface area contributed by atoms with Gasteiger partial charge in [0, 0.05) is 28.7 Å². The fourth-order valence-electron chi connectivity index (χ4n) is 2.42. The van der Waals surface area contributed by atoms with Gasteiger partial charge < -0.3 is 14.8 Å². The summed E-state index contributed by atoms with van der Waals surface area (Å²) in [6.45, 7) is 3.35. The maximum absolute atomic E-state index is 6.20. The fourth-order valence-corrected chi connectivity index (χ4v) is 3.07. The lowest BCUT2D eigenvalue weighted by molar-refractivity contribution is 0.269. The highest BCUT2D eigenvalue weighted by Crippen LogP contribution is 2.35. The van der Waals surface area contributed by atoms with Crippen LogP contribution in [0.5, 0.6) is 11.5 Å². The zero-order valence-corrected chi connectivity index (χ0v) is 17.3. The van der Waals surface area contributed by atoms with Gasteiger partial charge in [0.2, 0.25) is 5.95 Å². The van der Waals surface area contributed by atoms with Crippen LogP contribution in [0.3, 0.4) is 0 Å². The molecule has 0 spiro atoms. The van der Waals surface area contributed by atoms with E-state index in [0.29, 0.717) is 42.2 Å². The third kappa shape index (κ3) is 4.90. The molecule has 0 aliphatic heterocycles. The van der Waals surface area contributed by atoms with Gasteiger partial charge in [0.1, 0.15) is 6.61 Å². The molecule has 0 atom stereocenters. The Morgan fingerprint density at radius 1 is 1.15 bits per heavy atom. The van der Waals surface area contributed by atoms with Gasteiger partial charge in [-0.3, -0.25) is 0 Å². The molecular formula is C18H19BrClN5O2. The van der Waals surface area contributed by atoms with Crippen LogP contribution in [-0.2, 0) is 20.2 Å². The van der Waals surface area contributed by atoms with Gasteiger partial charge in [-0.25, -0.2) is 4.68 Å². The molecular weight excluding hydrogens is 434 g/mol. The molecule has 0 amide bonds. The van der Waals surface area contributed by atoms with Crippen LogP contribution in [0, 0.1) is 0 Å². The molecule has 1 heterocycles. The summed E-state index contributed by atoms with van der Waals surface area (Å²) in [5, 5.41) is 15.2. The Labute approximate surface area is 170 Å². The van der Waals surface area contributed by atoms with Crippen molar-refractivity contribution in [3.8, 4) is 11.5 Å². The highest BCUT2D eigenvalue weighted by atomic mass is 79.9. The predicted octanol–water partition coefficient (Wildman–Crippen LogP) is 4.22. The number of nitrogens with zero attached hydrogens (tertiary/aromatic N) is 4. The van der Waals surface area contributed by atoms with Crippen LogP contribution in [0.2, 0.25) is 5.02 Å². The van der Waals surface area contributed by atoms with Gasteiger partial charge >= 0.3 is 0 Å². The lowest BCUT2D eigenvalue weighted by Gasteiger charge is -2.16. The molecule has 1 N–H and O–H groups in total. The Bertz CT molecular complexity index is 919. The normalized spacial score (nSPS) is 10.7. The second-order valence-electron chi connectivity index (χ2n) is 5.68. The summed E-state index contributed by atoms with van der Waals surface area (Å²) in [6.07, 6.45) is 0. The number of benzene rings is 2. The Morgan fingerprint density at radius 2 is 1.93 bits per heavy atom. The second-order valence-corrected chi connectivity index (χ2v) is 6.94. The maximum atomic E-state index is 6.20. The average molecular weight is 453 g/mol. The Balaban J connectivity index is 1.77.